The van der Waals surface area contributed by atoms with Gasteiger partial charge in [-0.2, -0.15) is 10.2 Å². The van der Waals surface area contributed by atoms with Crippen LogP contribution in [-0.4, -0.2) is 67.2 Å². The summed E-state index contributed by atoms with van der Waals surface area (Å²) < 4.78 is 45.9. The van der Waals surface area contributed by atoms with Crippen molar-refractivity contribution in [1.29, 1.82) is 0 Å². The molecule has 0 saturated heterocycles. The predicted molar refractivity (Wildman–Crippen MR) is 171 cm³/mol. The summed E-state index contributed by atoms with van der Waals surface area (Å²) in [4.78, 5) is 24.1. The first kappa shape index (κ1) is 29.7. The lowest BCUT2D eigenvalue weighted by Gasteiger charge is -2.33. The highest BCUT2D eigenvalue weighted by Gasteiger charge is 2.31. The zero-order valence-electron chi connectivity index (χ0n) is 25.3. The van der Waals surface area contributed by atoms with Gasteiger partial charge in [-0.1, -0.05) is 6.58 Å². The second-order valence-electron chi connectivity index (χ2n) is 10.9. The highest BCUT2D eigenvalue weighted by Crippen LogP contribution is 2.47. The van der Waals surface area contributed by atoms with Crippen LogP contribution in [-0.2, 0) is 23.1 Å². The Balaban J connectivity index is 1.50. The van der Waals surface area contributed by atoms with Crippen molar-refractivity contribution in [3.05, 3.63) is 78.1 Å². The van der Waals surface area contributed by atoms with Gasteiger partial charge in [0.25, 0.3) is 0 Å². The first-order chi connectivity index (χ1) is 22.3. The van der Waals surface area contributed by atoms with E-state index < -0.39 is 11.6 Å². The van der Waals surface area contributed by atoms with Crippen molar-refractivity contribution in [3.8, 4) is 39.5 Å². The van der Waals surface area contributed by atoms with E-state index in [4.69, 9.17) is 19.6 Å². The number of hydrogen-bond donors (Lipinski definition) is 0. The molecule has 10 nitrogen and oxygen atoms in total. The number of ether oxygens (including phenoxy) is 2. The van der Waals surface area contributed by atoms with Crippen molar-refractivity contribution in [2.75, 3.05) is 26.9 Å². The summed E-state index contributed by atoms with van der Waals surface area (Å²) in [5.41, 5.74) is 4.25. The van der Waals surface area contributed by atoms with Crippen molar-refractivity contribution in [3.63, 3.8) is 0 Å². The van der Waals surface area contributed by atoms with E-state index in [1.54, 1.807) is 22.0 Å². The molecular weight excluding hydrogens is 612 g/mol. The van der Waals surface area contributed by atoms with Gasteiger partial charge in [0.15, 0.2) is 5.65 Å². The molecule has 5 aromatic heterocycles. The maximum Gasteiger partial charge on any atom is 0.246 e. The molecule has 0 saturated carbocycles. The second kappa shape index (κ2) is 11.7. The number of nitrogens with zero attached hydrogens (tertiary/aromatic N) is 7. The molecule has 6 aromatic rings. The lowest BCUT2D eigenvalue weighted by atomic mass is 9.96. The number of amides is 1. The van der Waals surface area contributed by atoms with E-state index in [0.29, 0.717) is 35.7 Å². The third kappa shape index (κ3) is 4.92. The summed E-state index contributed by atoms with van der Waals surface area (Å²) in [6.07, 6.45) is 4.78. The summed E-state index contributed by atoms with van der Waals surface area (Å²) in [7, 11) is 3.35. The van der Waals surface area contributed by atoms with Crippen molar-refractivity contribution in [1.82, 2.24) is 34.4 Å². The molecule has 0 N–H and O–H groups in total. The zero-order valence-corrected chi connectivity index (χ0v) is 26.1. The highest BCUT2D eigenvalue weighted by molar-refractivity contribution is 7.18. The lowest BCUT2D eigenvalue weighted by Crippen LogP contribution is -2.40. The molecule has 0 fully saturated rings. The molecule has 6 heterocycles. The van der Waals surface area contributed by atoms with Crippen LogP contribution in [0.3, 0.4) is 0 Å². The van der Waals surface area contributed by atoms with Gasteiger partial charge in [0.05, 0.1) is 42.3 Å². The maximum absolute atomic E-state index is 16.0. The Morgan fingerprint density at radius 2 is 1.98 bits per heavy atom. The van der Waals surface area contributed by atoms with Crippen molar-refractivity contribution in [2.24, 2.45) is 7.05 Å². The average Bonchev–Trinajstić information content (AvgIpc) is 3.79. The van der Waals surface area contributed by atoms with Gasteiger partial charge in [0.1, 0.15) is 35.4 Å². The molecule has 0 bridgehead atoms. The number of rotatable bonds is 8. The number of aryl methyl sites for hydroxylation is 1. The molecule has 1 atom stereocenters. The first-order valence-electron chi connectivity index (χ1n) is 14.6. The molecule has 7 rings (SSSR count). The van der Waals surface area contributed by atoms with Gasteiger partial charge in [-0.3, -0.25) is 14.2 Å². The number of thiophene rings is 1. The lowest BCUT2D eigenvalue weighted by molar-refractivity contribution is -0.129. The first-order valence-corrected chi connectivity index (χ1v) is 15.5. The molecule has 1 aromatic carbocycles. The minimum Gasteiger partial charge on any atom is -0.490 e. The summed E-state index contributed by atoms with van der Waals surface area (Å²) in [6, 6.07) is 7.49. The smallest absolute Gasteiger partial charge is 0.246 e. The van der Waals surface area contributed by atoms with Crippen LogP contribution in [0.25, 0.3) is 54.9 Å². The molecule has 1 aliphatic heterocycles. The molecular formula is C33H29F2N7O3S. The fourth-order valence-electron chi connectivity index (χ4n) is 6.01. The van der Waals surface area contributed by atoms with E-state index >= 15 is 4.39 Å². The molecule has 1 aliphatic rings. The maximum atomic E-state index is 16.0. The van der Waals surface area contributed by atoms with E-state index in [9.17, 15) is 9.18 Å². The monoisotopic (exact) mass is 641 g/mol. The number of halogens is 2. The Morgan fingerprint density at radius 3 is 2.78 bits per heavy atom. The molecule has 234 valence electrons. The van der Waals surface area contributed by atoms with Crippen LogP contribution in [0, 0.1) is 11.6 Å². The van der Waals surface area contributed by atoms with Crippen LogP contribution in [0.5, 0.6) is 5.75 Å². The van der Waals surface area contributed by atoms with Crippen molar-refractivity contribution < 1.29 is 23.0 Å². The van der Waals surface area contributed by atoms with Crippen LogP contribution in [0.4, 0.5) is 8.78 Å². The largest absolute Gasteiger partial charge is 0.490 e. The van der Waals surface area contributed by atoms with Gasteiger partial charge in [-0.15, -0.1) is 11.3 Å². The number of fused-ring (bicyclic) bond motifs is 3. The van der Waals surface area contributed by atoms with Crippen LogP contribution >= 0.6 is 11.3 Å². The SMILES string of the molecule is C=CC(=O)N1CCn2nc(-c3nc(-c4cnc5c(cnn5C)c4)c4ccsc4c3-c3c(F)cc(F)cc3OCCOC)cc2[C@@H]1C. The van der Waals surface area contributed by atoms with E-state index in [-0.39, 0.29) is 36.5 Å². The molecule has 1 amide bonds. The zero-order chi connectivity index (χ0) is 32.1. The Morgan fingerprint density at radius 1 is 1.13 bits per heavy atom. The number of methoxy groups -OCH3 is 1. The standard InChI is InChI=1S/C33H29F2N7O3S/c1-5-27(43)41-7-8-42-25(18(41)2)15-24(39-42)31-29(28-23(35)13-21(34)14-26(28)45-10-9-44-4)32-22(6-11-46-32)30(38-31)19-12-20-17-37-40(3)33(20)36-16-19/h5-6,11-18H,1,7-10H2,2-4H3/t18-/m0/s1. The predicted octanol–water partition coefficient (Wildman–Crippen LogP) is 6.17. The molecule has 0 spiro atoms. The topological polar surface area (TPSA) is 100 Å². The van der Waals surface area contributed by atoms with E-state index in [1.165, 1.54) is 30.6 Å². The number of hydrogen-bond acceptors (Lipinski definition) is 8. The van der Waals surface area contributed by atoms with Gasteiger partial charge in [0, 0.05) is 65.6 Å². The minimum atomic E-state index is -0.795. The fraction of sp³-hybridized carbons (Fsp3) is 0.242. The van der Waals surface area contributed by atoms with E-state index in [2.05, 4.69) is 16.7 Å². The number of pyridine rings is 2. The van der Waals surface area contributed by atoms with Gasteiger partial charge < -0.3 is 14.4 Å². The number of aromatic nitrogens is 6. The number of carbonyl (C=O) groups is 1. The third-order valence-electron chi connectivity index (χ3n) is 8.23. The van der Waals surface area contributed by atoms with Gasteiger partial charge in [0.2, 0.25) is 5.91 Å². The van der Waals surface area contributed by atoms with Crippen molar-refractivity contribution in [2.45, 2.75) is 19.5 Å². The molecule has 0 unspecified atom stereocenters. The molecule has 0 aliphatic carbocycles. The molecule has 0 radical (unpaired) electrons. The van der Waals surface area contributed by atoms with Gasteiger partial charge in [-0.25, -0.2) is 18.7 Å². The average molecular weight is 642 g/mol. The Kier molecular flexibility index (Phi) is 7.57. The Hall–Kier alpha value is -5.01. The van der Waals surface area contributed by atoms with E-state index in [1.807, 2.05) is 42.2 Å². The Labute approximate surface area is 266 Å². The fourth-order valence-corrected chi connectivity index (χ4v) is 6.96. The third-order valence-corrected chi connectivity index (χ3v) is 9.16. The van der Waals surface area contributed by atoms with Crippen LogP contribution in [0.2, 0.25) is 0 Å². The summed E-state index contributed by atoms with van der Waals surface area (Å²) in [5.74, 6) is -1.71. The van der Waals surface area contributed by atoms with Crippen LogP contribution in [0.1, 0.15) is 18.7 Å². The normalized spacial score (nSPS) is 14.6. The number of carbonyl (C=O) groups excluding carboxylic acids is 1. The van der Waals surface area contributed by atoms with Crippen molar-refractivity contribution >= 4 is 38.4 Å². The minimum absolute atomic E-state index is 0.0265. The second-order valence-corrected chi connectivity index (χ2v) is 11.9. The van der Waals surface area contributed by atoms with Crippen LogP contribution in [0.15, 0.2) is 60.8 Å². The van der Waals surface area contributed by atoms with Gasteiger partial charge >= 0.3 is 0 Å². The summed E-state index contributed by atoms with van der Waals surface area (Å²) in [5, 5.41) is 12.8. The molecule has 46 heavy (non-hydrogen) atoms. The summed E-state index contributed by atoms with van der Waals surface area (Å²) in [6.45, 7) is 6.79. The highest BCUT2D eigenvalue weighted by atomic mass is 32.1. The van der Waals surface area contributed by atoms with E-state index in [0.717, 1.165) is 38.4 Å². The van der Waals surface area contributed by atoms with Gasteiger partial charge in [-0.05, 0) is 36.6 Å². The summed E-state index contributed by atoms with van der Waals surface area (Å²) >= 11 is 1.41. The quantitative estimate of drug-likeness (QED) is 0.145. The number of benzene rings is 1. The van der Waals surface area contributed by atoms with Crippen LogP contribution < -0.4 is 4.74 Å². The molecule has 13 heteroatoms. The Bertz CT molecular complexity index is 2150.